The predicted molar refractivity (Wildman–Crippen MR) is 117 cm³/mol. The van der Waals surface area contributed by atoms with E-state index < -0.39 is 36.9 Å². The molecular formula is C21H23F3N4O3S. The number of thiophene rings is 1. The molecule has 3 aromatic rings. The molecule has 1 saturated carbocycles. The Balaban J connectivity index is 1.74. The van der Waals surface area contributed by atoms with Crippen LogP contribution in [0.15, 0.2) is 30.3 Å². The van der Waals surface area contributed by atoms with E-state index in [4.69, 9.17) is 0 Å². The summed E-state index contributed by atoms with van der Waals surface area (Å²) in [5.74, 6) is -0.455. The molecule has 0 aliphatic heterocycles. The molecule has 5 N–H and O–H groups in total. The van der Waals surface area contributed by atoms with Gasteiger partial charge in [0, 0.05) is 22.1 Å². The average Bonchev–Trinajstić information content (AvgIpc) is 3.27. The molecule has 1 aliphatic rings. The molecule has 1 fully saturated rings. The number of aliphatic hydroxyl groups is 3. The van der Waals surface area contributed by atoms with Gasteiger partial charge in [0.05, 0.1) is 23.4 Å². The summed E-state index contributed by atoms with van der Waals surface area (Å²) in [6.07, 6.45) is -6.44. The van der Waals surface area contributed by atoms with Crippen molar-refractivity contribution in [1.29, 1.82) is 0 Å². The summed E-state index contributed by atoms with van der Waals surface area (Å²) >= 11 is 1.49. The topological polar surface area (TPSA) is 111 Å². The molecule has 32 heavy (non-hydrogen) atoms. The molecule has 0 spiro atoms. The molecule has 2 heterocycles. The number of alkyl halides is 3. The molecule has 2 aromatic heterocycles. The van der Waals surface area contributed by atoms with Crippen LogP contribution in [-0.4, -0.2) is 62.9 Å². The lowest BCUT2D eigenvalue weighted by molar-refractivity contribution is -0.115. The quantitative estimate of drug-likeness (QED) is 0.378. The molecule has 0 radical (unpaired) electrons. The van der Waals surface area contributed by atoms with Gasteiger partial charge in [-0.05, 0) is 30.9 Å². The van der Waals surface area contributed by atoms with Crippen molar-refractivity contribution in [2.45, 2.75) is 37.8 Å². The van der Waals surface area contributed by atoms with Gasteiger partial charge in [0.25, 0.3) is 0 Å². The standard InChI is InChI=1S/C21H23F3N4O3S/c1-10-16(15-7-11-4-2-3-5-14(11)32-15)19(28-20(26-10)25-9-21(22,23)24)27-13-6-12(8-29)17(30)18(13)31/h2-5,7,12-13,17-18,29-31H,6,8-9H2,1H3,(H2,25,26,27,28)/t12-,13-,17-,18+/m1/s1. The number of hydrogen-bond acceptors (Lipinski definition) is 8. The van der Waals surface area contributed by atoms with Gasteiger partial charge in [-0.3, -0.25) is 0 Å². The summed E-state index contributed by atoms with van der Waals surface area (Å²) < 4.78 is 39.1. The van der Waals surface area contributed by atoms with E-state index in [-0.39, 0.29) is 24.8 Å². The lowest BCUT2D eigenvalue weighted by Crippen LogP contribution is -2.36. The number of nitrogens with zero attached hydrogens (tertiary/aromatic N) is 2. The monoisotopic (exact) mass is 468 g/mol. The molecule has 0 unspecified atom stereocenters. The third-order valence-corrected chi connectivity index (χ3v) is 6.70. The minimum absolute atomic E-state index is 0.195. The number of rotatable bonds is 6. The first-order valence-electron chi connectivity index (χ1n) is 10.1. The average molecular weight is 469 g/mol. The first-order chi connectivity index (χ1) is 15.2. The number of fused-ring (bicyclic) bond motifs is 1. The van der Waals surface area contributed by atoms with Crippen molar-refractivity contribution in [2.75, 3.05) is 23.8 Å². The number of nitrogens with one attached hydrogen (secondary N) is 2. The van der Waals surface area contributed by atoms with Gasteiger partial charge in [0.1, 0.15) is 18.5 Å². The van der Waals surface area contributed by atoms with E-state index in [1.165, 1.54) is 11.3 Å². The second-order valence-electron chi connectivity index (χ2n) is 7.88. The highest BCUT2D eigenvalue weighted by Gasteiger charge is 2.41. The van der Waals surface area contributed by atoms with Gasteiger partial charge in [0.2, 0.25) is 5.95 Å². The van der Waals surface area contributed by atoms with E-state index >= 15 is 0 Å². The Morgan fingerprint density at radius 2 is 1.91 bits per heavy atom. The Kier molecular flexibility index (Phi) is 6.26. The first kappa shape index (κ1) is 22.7. The fraction of sp³-hybridized carbons (Fsp3) is 0.429. The van der Waals surface area contributed by atoms with Gasteiger partial charge in [-0.15, -0.1) is 11.3 Å². The van der Waals surface area contributed by atoms with Crippen LogP contribution in [0.2, 0.25) is 0 Å². The van der Waals surface area contributed by atoms with Crippen molar-refractivity contribution in [3.8, 4) is 10.4 Å². The van der Waals surface area contributed by atoms with E-state index in [0.717, 1.165) is 15.0 Å². The zero-order chi connectivity index (χ0) is 23.0. The van der Waals surface area contributed by atoms with Crippen LogP contribution in [0.1, 0.15) is 12.1 Å². The second kappa shape index (κ2) is 8.81. The number of aryl methyl sites for hydroxylation is 1. The number of halogens is 3. The molecule has 11 heteroatoms. The fourth-order valence-electron chi connectivity index (χ4n) is 3.96. The van der Waals surface area contributed by atoms with Crippen molar-refractivity contribution in [2.24, 2.45) is 5.92 Å². The summed E-state index contributed by atoms with van der Waals surface area (Å²) in [7, 11) is 0. The lowest BCUT2D eigenvalue weighted by Gasteiger charge is -2.21. The van der Waals surface area contributed by atoms with Crippen LogP contribution < -0.4 is 10.6 Å². The molecule has 1 aromatic carbocycles. The van der Waals surface area contributed by atoms with Gasteiger partial charge in [-0.25, -0.2) is 4.98 Å². The maximum Gasteiger partial charge on any atom is 0.405 e. The van der Waals surface area contributed by atoms with Gasteiger partial charge < -0.3 is 26.0 Å². The summed E-state index contributed by atoms with van der Waals surface area (Å²) in [5.41, 5.74) is 1.07. The Morgan fingerprint density at radius 1 is 1.16 bits per heavy atom. The van der Waals surface area contributed by atoms with Crippen LogP contribution in [0.25, 0.3) is 20.5 Å². The highest BCUT2D eigenvalue weighted by Crippen LogP contribution is 2.40. The van der Waals surface area contributed by atoms with Crippen LogP contribution in [0.4, 0.5) is 24.9 Å². The Hall–Kier alpha value is -2.47. The van der Waals surface area contributed by atoms with Gasteiger partial charge in [0.15, 0.2) is 0 Å². The summed E-state index contributed by atoms with van der Waals surface area (Å²) in [6, 6.07) is 9.07. The molecule has 172 valence electrons. The largest absolute Gasteiger partial charge is 0.405 e. The SMILES string of the molecule is Cc1nc(NCC(F)(F)F)nc(N[C@@H]2C[C@H](CO)[C@@H](O)[C@H]2O)c1-c1cc2ccccc2s1. The number of anilines is 2. The van der Waals surface area contributed by atoms with Crippen molar-refractivity contribution >= 4 is 33.2 Å². The Labute approximate surface area is 186 Å². The number of aliphatic hydroxyl groups excluding tert-OH is 3. The van der Waals surface area contributed by atoms with Crippen LogP contribution in [0.3, 0.4) is 0 Å². The maximum atomic E-state index is 12.7. The van der Waals surface area contributed by atoms with Crippen LogP contribution in [-0.2, 0) is 0 Å². The Bertz CT molecular complexity index is 1070. The molecule has 4 atom stereocenters. The van der Waals surface area contributed by atoms with E-state index in [2.05, 4.69) is 20.6 Å². The van der Waals surface area contributed by atoms with Gasteiger partial charge in [-0.1, -0.05) is 18.2 Å². The van der Waals surface area contributed by atoms with Crippen LogP contribution in [0, 0.1) is 12.8 Å². The third kappa shape index (κ3) is 4.65. The third-order valence-electron chi connectivity index (χ3n) is 5.57. The minimum Gasteiger partial charge on any atom is -0.396 e. The molecule has 0 saturated heterocycles. The minimum atomic E-state index is -4.44. The first-order valence-corrected chi connectivity index (χ1v) is 10.9. The van der Waals surface area contributed by atoms with E-state index in [0.29, 0.717) is 11.3 Å². The molecule has 0 bridgehead atoms. The van der Waals surface area contributed by atoms with Gasteiger partial charge in [-0.2, -0.15) is 18.2 Å². The molecule has 7 nitrogen and oxygen atoms in total. The van der Waals surface area contributed by atoms with Crippen LogP contribution >= 0.6 is 11.3 Å². The number of benzene rings is 1. The van der Waals surface area contributed by atoms with Crippen molar-refractivity contribution in [1.82, 2.24) is 9.97 Å². The molecule has 1 aliphatic carbocycles. The van der Waals surface area contributed by atoms with E-state index in [1.807, 2.05) is 30.3 Å². The van der Waals surface area contributed by atoms with Crippen molar-refractivity contribution < 1.29 is 28.5 Å². The smallest absolute Gasteiger partial charge is 0.396 e. The summed E-state index contributed by atoms with van der Waals surface area (Å²) in [4.78, 5) is 9.31. The van der Waals surface area contributed by atoms with Gasteiger partial charge >= 0.3 is 6.18 Å². The van der Waals surface area contributed by atoms with Crippen LogP contribution in [0.5, 0.6) is 0 Å². The van der Waals surface area contributed by atoms with E-state index in [9.17, 15) is 28.5 Å². The lowest BCUT2D eigenvalue weighted by atomic mass is 10.1. The summed E-state index contributed by atoms with van der Waals surface area (Å²) in [5, 5.41) is 36.3. The molecule has 0 amide bonds. The highest BCUT2D eigenvalue weighted by molar-refractivity contribution is 7.22. The zero-order valence-electron chi connectivity index (χ0n) is 17.1. The van der Waals surface area contributed by atoms with Crippen molar-refractivity contribution in [3.05, 3.63) is 36.0 Å². The number of hydrogen-bond donors (Lipinski definition) is 5. The summed E-state index contributed by atoms with van der Waals surface area (Å²) in [6.45, 7) is 0.105. The zero-order valence-corrected chi connectivity index (χ0v) is 17.9. The molecular weight excluding hydrogens is 445 g/mol. The number of aromatic nitrogens is 2. The predicted octanol–water partition coefficient (Wildman–Crippen LogP) is 3.16. The van der Waals surface area contributed by atoms with E-state index in [1.54, 1.807) is 6.92 Å². The normalized spacial score (nSPS) is 23.6. The maximum absolute atomic E-state index is 12.7. The highest BCUT2D eigenvalue weighted by atomic mass is 32.1. The van der Waals surface area contributed by atoms with Crippen molar-refractivity contribution in [3.63, 3.8) is 0 Å². The second-order valence-corrected chi connectivity index (χ2v) is 8.97. The molecule has 4 rings (SSSR count). The fourth-order valence-corrected chi connectivity index (χ4v) is 5.12. The Morgan fingerprint density at radius 3 is 2.56 bits per heavy atom.